The third-order valence-corrected chi connectivity index (χ3v) is 1.96. The van der Waals surface area contributed by atoms with Crippen molar-refractivity contribution < 1.29 is 9.53 Å². The van der Waals surface area contributed by atoms with Gasteiger partial charge < -0.3 is 10.5 Å². The summed E-state index contributed by atoms with van der Waals surface area (Å²) in [5.74, 6) is -0.397. The third kappa shape index (κ3) is 2.89. The first-order chi connectivity index (χ1) is 5.17. The summed E-state index contributed by atoms with van der Waals surface area (Å²) in [5.41, 5.74) is 5.18. The normalized spacial score (nSPS) is 15.9. The molecule has 0 aromatic heterocycles. The van der Waals surface area contributed by atoms with E-state index >= 15 is 0 Å². The number of methoxy groups -OCH3 is 1. The zero-order chi connectivity index (χ0) is 8.85. The molecule has 0 rings (SSSR count). The van der Waals surface area contributed by atoms with Gasteiger partial charge in [-0.05, 0) is 12.8 Å². The average Bonchev–Trinajstić information content (AvgIpc) is 1.99. The van der Waals surface area contributed by atoms with E-state index in [-0.39, 0.29) is 17.9 Å². The summed E-state index contributed by atoms with van der Waals surface area (Å²) in [7, 11) is 1.61. The predicted molar refractivity (Wildman–Crippen MR) is 44.1 cm³/mol. The van der Waals surface area contributed by atoms with Crippen LogP contribution in [-0.2, 0) is 9.53 Å². The number of nitrogens with two attached hydrogens (primary N) is 1. The lowest BCUT2D eigenvalue weighted by Crippen LogP contribution is -2.33. The molecule has 0 aliphatic heterocycles. The fraction of sp³-hybridized carbons (Fsp3) is 0.875. The Bertz CT molecular complexity index is 121. The predicted octanol–water partition coefficient (Wildman–Crippen LogP) is 0.923. The van der Waals surface area contributed by atoms with Gasteiger partial charge in [0.15, 0.2) is 0 Å². The number of amides is 1. The van der Waals surface area contributed by atoms with E-state index in [0.29, 0.717) is 0 Å². The Morgan fingerprint density at radius 2 is 2.00 bits per heavy atom. The van der Waals surface area contributed by atoms with Crippen molar-refractivity contribution in [3.8, 4) is 0 Å². The zero-order valence-corrected chi connectivity index (χ0v) is 7.46. The monoisotopic (exact) mass is 159 g/mol. The summed E-state index contributed by atoms with van der Waals surface area (Å²) in [6, 6.07) is 0. The molecule has 0 aliphatic rings. The van der Waals surface area contributed by atoms with Crippen LogP contribution in [-0.4, -0.2) is 19.1 Å². The Kier molecular flexibility index (Phi) is 4.86. The first kappa shape index (κ1) is 10.4. The van der Waals surface area contributed by atoms with E-state index in [2.05, 4.69) is 0 Å². The van der Waals surface area contributed by atoms with Crippen LogP contribution in [0.4, 0.5) is 0 Å². The first-order valence-corrected chi connectivity index (χ1v) is 3.99. The minimum atomic E-state index is -0.263. The van der Waals surface area contributed by atoms with Crippen molar-refractivity contribution in [3.05, 3.63) is 0 Å². The minimum Gasteiger partial charge on any atom is -0.381 e. The second kappa shape index (κ2) is 5.13. The van der Waals surface area contributed by atoms with E-state index in [1.165, 1.54) is 0 Å². The number of hydrogen-bond donors (Lipinski definition) is 1. The van der Waals surface area contributed by atoms with Crippen LogP contribution in [0.15, 0.2) is 0 Å². The molecule has 66 valence electrons. The molecule has 0 aromatic rings. The van der Waals surface area contributed by atoms with Gasteiger partial charge in [-0.3, -0.25) is 4.79 Å². The molecule has 3 nitrogen and oxygen atoms in total. The van der Waals surface area contributed by atoms with Gasteiger partial charge in [0, 0.05) is 7.11 Å². The van der Waals surface area contributed by atoms with E-state index in [4.69, 9.17) is 10.5 Å². The summed E-state index contributed by atoms with van der Waals surface area (Å²) in [6.45, 7) is 3.93. The molecule has 1 amide bonds. The van der Waals surface area contributed by atoms with Crippen molar-refractivity contribution in [2.75, 3.05) is 7.11 Å². The summed E-state index contributed by atoms with van der Waals surface area (Å²) in [5, 5.41) is 0. The van der Waals surface area contributed by atoms with Gasteiger partial charge in [0.25, 0.3) is 0 Å². The van der Waals surface area contributed by atoms with Crippen LogP contribution in [0, 0.1) is 5.92 Å². The van der Waals surface area contributed by atoms with Crippen molar-refractivity contribution in [2.45, 2.75) is 32.8 Å². The molecule has 2 N–H and O–H groups in total. The van der Waals surface area contributed by atoms with Gasteiger partial charge in [-0.1, -0.05) is 13.8 Å². The first-order valence-electron chi connectivity index (χ1n) is 3.99. The number of rotatable bonds is 5. The molecule has 0 spiro atoms. The number of ether oxygens (including phenoxy) is 1. The molecule has 0 fully saturated rings. The van der Waals surface area contributed by atoms with Gasteiger partial charge in [0.2, 0.25) is 5.91 Å². The Labute approximate surface area is 67.9 Å². The van der Waals surface area contributed by atoms with E-state index in [9.17, 15) is 4.79 Å². The molecule has 0 aromatic carbocycles. The Morgan fingerprint density at radius 1 is 1.45 bits per heavy atom. The molecule has 0 heterocycles. The van der Waals surface area contributed by atoms with Crippen LogP contribution in [0.3, 0.4) is 0 Å². The highest BCUT2D eigenvalue weighted by Crippen LogP contribution is 2.13. The van der Waals surface area contributed by atoms with Crippen molar-refractivity contribution in [1.29, 1.82) is 0 Å². The lowest BCUT2D eigenvalue weighted by Gasteiger charge is -2.20. The molecule has 3 heteroatoms. The van der Waals surface area contributed by atoms with E-state index in [0.717, 1.165) is 12.8 Å². The molecule has 2 unspecified atom stereocenters. The van der Waals surface area contributed by atoms with Crippen molar-refractivity contribution >= 4 is 5.91 Å². The van der Waals surface area contributed by atoms with Crippen molar-refractivity contribution in [2.24, 2.45) is 11.7 Å². The number of primary amides is 1. The SMILES string of the molecule is CCC(OC)C(CC)C(N)=O. The molecule has 0 bridgehead atoms. The standard InChI is InChI=1S/C8H17NO2/c1-4-6(8(9)10)7(5-2)11-3/h6-7H,4-5H2,1-3H3,(H2,9,10). The molecular weight excluding hydrogens is 142 g/mol. The highest BCUT2D eigenvalue weighted by molar-refractivity contribution is 5.77. The quantitative estimate of drug-likeness (QED) is 0.648. The number of hydrogen-bond acceptors (Lipinski definition) is 2. The lowest BCUT2D eigenvalue weighted by molar-refractivity contribution is -0.126. The second-order valence-electron chi connectivity index (χ2n) is 2.60. The number of carbonyl (C=O) groups excluding carboxylic acids is 1. The lowest BCUT2D eigenvalue weighted by atomic mass is 9.97. The topological polar surface area (TPSA) is 52.3 Å². The summed E-state index contributed by atoms with van der Waals surface area (Å²) >= 11 is 0. The highest BCUT2D eigenvalue weighted by atomic mass is 16.5. The van der Waals surface area contributed by atoms with Gasteiger partial charge in [-0.25, -0.2) is 0 Å². The van der Waals surface area contributed by atoms with E-state index in [1.54, 1.807) is 7.11 Å². The fourth-order valence-electron chi connectivity index (χ4n) is 1.26. The Hall–Kier alpha value is -0.570. The van der Waals surface area contributed by atoms with Gasteiger partial charge in [0.1, 0.15) is 0 Å². The molecule has 0 radical (unpaired) electrons. The molecule has 0 saturated heterocycles. The number of carbonyl (C=O) groups is 1. The van der Waals surface area contributed by atoms with Gasteiger partial charge in [-0.15, -0.1) is 0 Å². The van der Waals surface area contributed by atoms with Gasteiger partial charge >= 0.3 is 0 Å². The Morgan fingerprint density at radius 3 is 2.09 bits per heavy atom. The van der Waals surface area contributed by atoms with Crippen LogP contribution in [0.25, 0.3) is 0 Å². The van der Waals surface area contributed by atoms with Crippen LogP contribution in [0.5, 0.6) is 0 Å². The highest BCUT2D eigenvalue weighted by Gasteiger charge is 2.22. The van der Waals surface area contributed by atoms with Crippen LogP contribution >= 0.6 is 0 Å². The molecule has 11 heavy (non-hydrogen) atoms. The summed E-state index contributed by atoms with van der Waals surface area (Å²) < 4.78 is 5.11. The summed E-state index contributed by atoms with van der Waals surface area (Å²) in [6.07, 6.45) is 1.57. The molecule has 2 atom stereocenters. The minimum absolute atomic E-state index is 0.0162. The van der Waals surface area contributed by atoms with Crippen LogP contribution in [0.2, 0.25) is 0 Å². The van der Waals surface area contributed by atoms with Gasteiger partial charge in [0.05, 0.1) is 12.0 Å². The maximum Gasteiger partial charge on any atom is 0.223 e. The third-order valence-electron chi connectivity index (χ3n) is 1.96. The fourth-order valence-corrected chi connectivity index (χ4v) is 1.26. The van der Waals surface area contributed by atoms with Crippen LogP contribution in [0.1, 0.15) is 26.7 Å². The molecule has 0 saturated carbocycles. The smallest absolute Gasteiger partial charge is 0.223 e. The van der Waals surface area contributed by atoms with Gasteiger partial charge in [-0.2, -0.15) is 0 Å². The largest absolute Gasteiger partial charge is 0.381 e. The van der Waals surface area contributed by atoms with Crippen molar-refractivity contribution in [3.63, 3.8) is 0 Å². The maximum absolute atomic E-state index is 10.8. The average molecular weight is 159 g/mol. The van der Waals surface area contributed by atoms with E-state index < -0.39 is 0 Å². The van der Waals surface area contributed by atoms with Crippen molar-refractivity contribution in [1.82, 2.24) is 0 Å². The molecular formula is C8H17NO2. The van der Waals surface area contributed by atoms with Crippen LogP contribution < -0.4 is 5.73 Å². The van der Waals surface area contributed by atoms with E-state index in [1.807, 2.05) is 13.8 Å². The zero-order valence-electron chi connectivity index (χ0n) is 7.46. The second-order valence-corrected chi connectivity index (χ2v) is 2.60. The maximum atomic E-state index is 10.8. The Balaban J connectivity index is 4.09. The summed E-state index contributed by atoms with van der Waals surface area (Å²) in [4.78, 5) is 10.8. The molecule has 0 aliphatic carbocycles.